The van der Waals surface area contributed by atoms with E-state index in [2.05, 4.69) is 4.98 Å². The highest BCUT2D eigenvalue weighted by Gasteiger charge is 2.31. The number of amides is 1. The van der Waals surface area contributed by atoms with Crippen LogP contribution in [0.1, 0.15) is 23.3 Å². The summed E-state index contributed by atoms with van der Waals surface area (Å²) < 4.78 is 0. The Morgan fingerprint density at radius 2 is 2.35 bits per heavy atom. The van der Waals surface area contributed by atoms with Crippen LogP contribution in [-0.2, 0) is 0 Å². The van der Waals surface area contributed by atoms with Crippen molar-refractivity contribution < 1.29 is 9.90 Å². The Morgan fingerprint density at radius 1 is 1.55 bits per heavy atom. The number of likely N-dealkylation sites (N-methyl/N-ethyl adjacent to an activating group) is 1. The molecular weight excluding hydrogens is 292 g/mol. The number of nitrogens with zero attached hydrogens (tertiary/aromatic N) is 2. The van der Waals surface area contributed by atoms with Gasteiger partial charge in [0.25, 0.3) is 5.91 Å². The van der Waals surface area contributed by atoms with Crippen molar-refractivity contribution in [1.82, 2.24) is 9.88 Å². The topological polar surface area (TPSA) is 53.4 Å². The molecular formula is C14H16N2O2S2. The molecule has 0 spiro atoms. The molecule has 106 valence electrons. The lowest BCUT2D eigenvalue weighted by Crippen LogP contribution is -2.35. The predicted octanol–water partition coefficient (Wildman–Crippen LogP) is 2.71. The Hall–Kier alpha value is -1.24. The van der Waals surface area contributed by atoms with Gasteiger partial charge in [-0.1, -0.05) is 6.07 Å². The number of rotatable bonds is 5. The van der Waals surface area contributed by atoms with Gasteiger partial charge in [-0.3, -0.25) is 4.79 Å². The fourth-order valence-electron chi connectivity index (χ4n) is 2.07. The van der Waals surface area contributed by atoms with Crippen LogP contribution in [-0.4, -0.2) is 40.6 Å². The van der Waals surface area contributed by atoms with Gasteiger partial charge in [0.2, 0.25) is 0 Å². The Kier molecular flexibility index (Phi) is 3.87. The van der Waals surface area contributed by atoms with Crippen LogP contribution < -0.4 is 0 Å². The summed E-state index contributed by atoms with van der Waals surface area (Å²) in [6, 6.07) is 3.97. The van der Waals surface area contributed by atoms with Crippen molar-refractivity contribution >= 4 is 28.6 Å². The maximum Gasteiger partial charge on any atom is 0.273 e. The molecule has 0 aromatic carbocycles. The second-order valence-corrected chi connectivity index (χ2v) is 6.91. The first kappa shape index (κ1) is 13.7. The second kappa shape index (κ2) is 5.63. The van der Waals surface area contributed by atoms with Gasteiger partial charge in [-0.25, -0.2) is 4.98 Å². The van der Waals surface area contributed by atoms with Gasteiger partial charge in [0.1, 0.15) is 10.7 Å². The highest BCUT2D eigenvalue weighted by atomic mass is 32.1. The zero-order valence-corrected chi connectivity index (χ0v) is 12.8. The molecule has 1 aliphatic carbocycles. The van der Waals surface area contributed by atoms with Crippen LogP contribution in [0, 0.1) is 5.92 Å². The van der Waals surface area contributed by atoms with E-state index >= 15 is 0 Å². The van der Waals surface area contributed by atoms with E-state index in [0.717, 1.165) is 22.7 Å². The van der Waals surface area contributed by atoms with Gasteiger partial charge in [0, 0.05) is 19.0 Å². The fraction of sp³-hybridized carbons (Fsp3) is 0.429. The maximum absolute atomic E-state index is 12.3. The fourth-order valence-corrected chi connectivity index (χ4v) is 3.68. The van der Waals surface area contributed by atoms with E-state index in [1.165, 1.54) is 11.3 Å². The lowest BCUT2D eigenvalue weighted by molar-refractivity contribution is 0.0641. The molecule has 0 aliphatic heterocycles. The molecule has 2 aromatic heterocycles. The highest BCUT2D eigenvalue weighted by Crippen LogP contribution is 2.33. The average Bonchev–Trinajstić information content (AvgIpc) is 2.95. The Balaban J connectivity index is 1.67. The van der Waals surface area contributed by atoms with Crippen molar-refractivity contribution in [3.05, 3.63) is 28.6 Å². The van der Waals surface area contributed by atoms with Crippen molar-refractivity contribution in [2.45, 2.75) is 18.9 Å². The van der Waals surface area contributed by atoms with Crippen LogP contribution >= 0.6 is 22.7 Å². The number of aliphatic hydroxyl groups is 1. The quantitative estimate of drug-likeness (QED) is 0.924. The van der Waals surface area contributed by atoms with Crippen molar-refractivity contribution in [3.63, 3.8) is 0 Å². The van der Waals surface area contributed by atoms with E-state index in [4.69, 9.17) is 0 Å². The van der Waals surface area contributed by atoms with E-state index in [1.807, 2.05) is 17.5 Å². The number of thiazole rings is 1. The molecule has 4 nitrogen and oxygen atoms in total. The molecule has 1 fully saturated rings. The van der Waals surface area contributed by atoms with Gasteiger partial charge in [0.15, 0.2) is 0 Å². The minimum atomic E-state index is -0.403. The number of carbonyl (C=O) groups is 1. The third-order valence-corrected chi connectivity index (χ3v) is 5.31. The summed E-state index contributed by atoms with van der Waals surface area (Å²) in [5, 5.41) is 14.6. The lowest BCUT2D eigenvalue weighted by atomic mass is 10.2. The van der Waals surface area contributed by atoms with Crippen LogP contribution in [0.25, 0.3) is 9.88 Å². The van der Waals surface area contributed by atoms with Gasteiger partial charge in [-0.05, 0) is 30.2 Å². The van der Waals surface area contributed by atoms with Gasteiger partial charge in [-0.2, -0.15) is 0 Å². The van der Waals surface area contributed by atoms with E-state index in [-0.39, 0.29) is 5.91 Å². The Bertz CT molecular complexity index is 590. The van der Waals surface area contributed by atoms with Crippen molar-refractivity contribution in [3.8, 4) is 9.88 Å². The Labute approximate surface area is 125 Å². The lowest BCUT2D eigenvalue weighted by Gasteiger charge is -2.19. The minimum absolute atomic E-state index is 0.122. The first-order valence-electron chi connectivity index (χ1n) is 6.58. The summed E-state index contributed by atoms with van der Waals surface area (Å²) >= 11 is 3.10. The molecule has 0 radical (unpaired) electrons. The smallest absolute Gasteiger partial charge is 0.273 e. The molecule has 1 aliphatic rings. The first-order valence-corrected chi connectivity index (χ1v) is 8.34. The summed E-state index contributed by atoms with van der Waals surface area (Å²) in [4.78, 5) is 19.3. The molecule has 3 rings (SSSR count). The largest absolute Gasteiger partial charge is 0.391 e. The molecule has 1 unspecified atom stereocenters. The predicted molar refractivity (Wildman–Crippen MR) is 81.1 cm³/mol. The van der Waals surface area contributed by atoms with Crippen LogP contribution in [0.4, 0.5) is 0 Å². The number of thiophene rings is 1. The highest BCUT2D eigenvalue weighted by molar-refractivity contribution is 7.20. The van der Waals surface area contributed by atoms with Crippen LogP contribution in [0.3, 0.4) is 0 Å². The van der Waals surface area contributed by atoms with Crippen molar-refractivity contribution in [2.75, 3.05) is 13.6 Å². The van der Waals surface area contributed by atoms with Crippen molar-refractivity contribution in [2.24, 2.45) is 5.92 Å². The molecule has 2 heterocycles. The summed E-state index contributed by atoms with van der Waals surface area (Å²) in [6.45, 7) is 0.384. The summed E-state index contributed by atoms with van der Waals surface area (Å²) in [6.07, 6.45) is 1.74. The van der Waals surface area contributed by atoms with Gasteiger partial charge >= 0.3 is 0 Å². The molecule has 20 heavy (non-hydrogen) atoms. The van der Waals surface area contributed by atoms with Crippen LogP contribution in [0.5, 0.6) is 0 Å². The number of carbonyl (C=O) groups excluding carboxylic acids is 1. The van der Waals surface area contributed by atoms with Gasteiger partial charge < -0.3 is 10.0 Å². The van der Waals surface area contributed by atoms with Crippen LogP contribution in [0.2, 0.25) is 0 Å². The molecule has 0 saturated heterocycles. The molecule has 6 heteroatoms. The monoisotopic (exact) mass is 308 g/mol. The third kappa shape index (κ3) is 2.92. The molecule has 1 amide bonds. The average molecular weight is 308 g/mol. The summed E-state index contributed by atoms with van der Waals surface area (Å²) in [7, 11) is 1.72. The minimum Gasteiger partial charge on any atom is -0.391 e. The summed E-state index contributed by atoms with van der Waals surface area (Å²) in [5.41, 5.74) is 0.462. The third-order valence-electron chi connectivity index (χ3n) is 3.43. The zero-order valence-electron chi connectivity index (χ0n) is 11.2. The molecule has 2 aromatic rings. The molecule has 1 atom stereocenters. The van der Waals surface area contributed by atoms with E-state index in [1.54, 1.807) is 28.7 Å². The van der Waals surface area contributed by atoms with Gasteiger partial charge in [-0.15, -0.1) is 22.7 Å². The number of hydrogen-bond donors (Lipinski definition) is 1. The number of aromatic nitrogens is 1. The number of hydrogen-bond acceptors (Lipinski definition) is 5. The van der Waals surface area contributed by atoms with Crippen molar-refractivity contribution in [1.29, 1.82) is 0 Å². The van der Waals surface area contributed by atoms with Crippen LogP contribution in [0.15, 0.2) is 22.9 Å². The molecule has 1 saturated carbocycles. The maximum atomic E-state index is 12.3. The zero-order chi connectivity index (χ0) is 14.1. The SMILES string of the molecule is CN(CC(O)C1CC1)C(=O)c1csc(-c2cccs2)n1. The first-order chi connectivity index (χ1) is 9.65. The summed E-state index contributed by atoms with van der Waals surface area (Å²) in [5.74, 6) is 0.256. The Morgan fingerprint density at radius 3 is 3.00 bits per heavy atom. The second-order valence-electron chi connectivity index (χ2n) is 5.11. The standard InChI is InChI=1S/C14H16N2O2S2/c1-16(7-11(17)9-4-5-9)14(18)10-8-20-13(15-10)12-3-2-6-19-12/h2-3,6,8-9,11,17H,4-5,7H2,1H3. The molecule has 0 bridgehead atoms. The van der Waals surface area contributed by atoms with Gasteiger partial charge in [0.05, 0.1) is 11.0 Å². The van der Waals surface area contributed by atoms with E-state index in [9.17, 15) is 9.90 Å². The number of aliphatic hydroxyl groups excluding tert-OH is 1. The van der Waals surface area contributed by atoms with E-state index < -0.39 is 6.10 Å². The molecule has 1 N–H and O–H groups in total. The normalized spacial score (nSPS) is 16.1. The van der Waals surface area contributed by atoms with E-state index in [0.29, 0.717) is 18.2 Å².